The molecule has 0 unspecified atom stereocenters. The minimum atomic E-state index is -4.92. The Bertz CT molecular complexity index is 2190. The molecule has 90 heavy (non-hydrogen) atoms. The van der Waals surface area contributed by atoms with Gasteiger partial charge in [0.15, 0.2) is 11.6 Å². The predicted octanol–water partition coefficient (Wildman–Crippen LogP) is 7.41. The van der Waals surface area contributed by atoms with Gasteiger partial charge in [0.1, 0.15) is 27.1 Å². The number of hydrogen-bond donors (Lipinski definition) is 12. The van der Waals surface area contributed by atoms with E-state index < -0.39 is 20.8 Å². The maximum atomic E-state index is 8.74. The number of aromatic amines is 1. The van der Waals surface area contributed by atoms with E-state index in [1.54, 1.807) is 51.5 Å². The van der Waals surface area contributed by atoms with Crippen molar-refractivity contribution in [2.24, 2.45) is 5.73 Å². The summed E-state index contributed by atoms with van der Waals surface area (Å²) in [5, 5.41) is 31.1. The van der Waals surface area contributed by atoms with Crippen LogP contribution in [-0.4, -0.2) is 179 Å². The van der Waals surface area contributed by atoms with Gasteiger partial charge in [-0.3, -0.25) is 23.8 Å². The van der Waals surface area contributed by atoms with Gasteiger partial charge in [-0.15, -0.1) is 0 Å². The first-order valence-electron chi connectivity index (χ1n) is 28.0. The monoisotopic (exact) mass is 1530 g/mol. The van der Waals surface area contributed by atoms with Crippen LogP contribution in [0.4, 0.5) is 46.9 Å². The smallest absolute Gasteiger partial charge is 0.870 e. The van der Waals surface area contributed by atoms with E-state index in [-0.39, 0.29) is 57.2 Å². The Kier molecular flexibility index (Phi) is 86.4. The fourth-order valence-electron chi connectivity index (χ4n) is 4.20. The summed E-state index contributed by atoms with van der Waals surface area (Å²) in [6.07, 6.45) is 8.64. The van der Waals surface area contributed by atoms with Crippen LogP contribution < -0.4 is 87.8 Å². The number of hydroxylamine groups is 3. The number of alkyl halides is 1. The van der Waals surface area contributed by atoms with Crippen molar-refractivity contribution in [1.29, 1.82) is 0 Å². The summed E-state index contributed by atoms with van der Waals surface area (Å²) in [7, 11) is 0.599. The largest absolute Gasteiger partial charge is 1.00 e. The number of anilines is 8. The molecule has 31 nitrogen and oxygen atoms in total. The van der Waals surface area contributed by atoms with Gasteiger partial charge in [0.2, 0.25) is 33.4 Å². The summed E-state index contributed by atoms with van der Waals surface area (Å²) in [5.74, 6) is 5.96. The van der Waals surface area contributed by atoms with Crippen LogP contribution in [0.1, 0.15) is 134 Å². The first-order valence-corrected chi connectivity index (χ1v) is 33.5. The van der Waals surface area contributed by atoms with E-state index in [1.165, 1.54) is 12.5 Å². The molecule has 0 bridgehead atoms. The molecule has 15 N–H and O–H groups in total. The molecular weight excluding hydrogens is 1430 g/mol. The summed E-state index contributed by atoms with van der Waals surface area (Å²) in [5.41, 5.74) is 7.46. The summed E-state index contributed by atoms with van der Waals surface area (Å²) < 4.78 is 65.2. The minimum absolute atomic E-state index is 0. The van der Waals surface area contributed by atoms with E-state index in [0.29, 0.717) is 17.0 Å². The van der Waals surface area contributed by atoms with Gasteiger partial charge in [-0.1, -0.05) is 145 Å². The minimum Gasteiger partial charge on any atom is -0.870 e. The van der Waals surface area contributed by atoms with Crippen molar-refractivity contribution in [2.75, 3.05) is 137 Å². The number of halogens is 5. The fraction of sp³-hybridized carbons (Fsp3) is 0.686. The maximum Gasteiger partial charge on any atom is 1.00 e. The molecule has 39 heteroatoms. The number of aromatic nitrogens is 8. The SMILES string of the molecule is CC(C)I.CCC.CCCN.CCCNc1cc(Cl)nc(NCCC)n1.CCCNc1cc(N(C)OC)[nH+]c(NCCC)n1.CCCNc1cc(N(C)OC)nc(NCCC)n1.CCO.CNOC.Clc1cc(Cl)nc(Cl)n1.O=S(=O)(O)O.O=S(=O)([O-])O.[Na+].[OH-]. The molecule has 4 aromatic rings. The third kappa shape index (κ3) is 87.1. The summed E-state index contributed by atoms with van der Waals surface area (Å²) >= 11 is 24.4. The Labute approximate surface area is 593 Å². The zero-order valence-corrected chi connectivity index (χ0v) is 64.8. The second-order valence-electron chi connectivity index (χ2n) is 16.6. The summed E-state index contributed by atoms with van der Waals surface area (Å²) in [6.45, 7) is 31.3. The van der Waals surface area contributed by atoms with Crippen molar-refractivity contribution in [3.63, 3.8) is 0 Å². The molecule has 0 saturated heterocycles. The Morgan fingerprint density at radius 1 is 0.600 bits per heavy atom. The molecule has 0 spiro atoms. The first kappa shape index (κ1) is 106. The standard InChI is InChI=1S/2C12H23N5O.C10H17ClN4.C4HCl3N2.C3H7I.C3H9N.C3H8.C2H7NO.C2H6O.Na.2H2O4S.H2O/c2*1-5-7-13-10-9-11(17(3)18-4)16-12(15-10)14-8-6-2;1-3-5-12-9-7-8(11)14-10(15-9)13-6-4-2;5-2-1-3(6)9-4(7)8-2;1-3(2)4;1-2-3-4;1-3-2;1-3-4-2;1-2-3;;2*1-5(2,3)4;/h2*9H,5-8H2,1-4H3,(H2,13,14,15,16);7H,3-6H2,1-2H3,(H2,12,13,14,15);1H;3H,1-2H3;2-4H2,1H3;3H2,1-2H3;3H,1-2H3;3H,2H2,1H3;;2*(H2,1,2,3,4);1H2/q;;;;;;;;;+1;;;/p-1. The van der Waals surface area contributed by atoms with Gasteiger partial charge in [-0.05, 0) is 70.0 Å². The zero-order valence-electron chi connectivity index (χ0n) is 56.0. The Balaban J connectivity index is -0.000000122. The van der Waals surface area contributed by atoms with Crippen molar-refractivity contribution in [3.05, 3.63) is 45.0 Å². The van der Waals surface area contributed by atoms with Crippen LogP contribution in [0.2, 0.25) is 20.7 Å². The molecule has 0 fully saturated rings. The number of nitrogens with zero attached hydrogens (tertiary/aromatic N) is 9. The zero-order chi connectivity index (χ0) is 69.5. The molecule has 0 aliphatic carbocycles. The van der Waals surface area contributed by atoms with Crippen LogP contribution in [0.5, 0.6) is 0 Å². The number of nitrogens with one attached hydrogen (secondary N) is 8. The van der Waals surface area contributed by atoms with Crippen molar-refractivity contribution < 1.29 is 94.7 Å². The molecule has 4 heterocycles. The van der Waals surface area contributed by atoms with Gasteiger partial charge in [-0.25, -0.2) is 43.7 Å². The van der Waals surface area contributed by atoms with Gasteiger partial charge < -0.3 is 52.3 Å². The molecule has 4 rings (SSSR count). The first-order chi connectivity index (χ1) is 41.2. The van der Waals surface area contributed by atoms with Crippen molar-refractivity contribution in [1.82, 2.24) is 40.4 Å². The fourth-order valence-corrected chi connectivity index (χ4v) is 5.07. The van der Waals surface area contributed by atoms with E-state index in [0.717, 1.165) is 130 Å². The number of H-pyrrole nitrogens is 1. The molecule has 0 saturated carbocycles. The number of hydrogen-bond acceptors (Lipinski definition) is 27. The second kappa shape index (κ2) is 73.5. The molecule has 0 atom stereocenters. The number of aliphatic hydroxyl groups is 1. The molecule has 0 aliphatic heterocycles. The maximum absolute atomic E-state index is 8.74. The van der Waals surface area contributed by atoms with Crippen LogP contribution in [0, 0.1) is 0 Å². The van der Waals surface area contributed by atoms with E-state index in [1.807, 2.05) is 26.2 Å². The van der Waals surface area contributed by atoms with E-state index in [4.69, 9.17) is 102 Å². The van der Waals surface area contributed by atoms with E-state index in [9.17, 15) is 0 Å². The Morgan fingerprint density at radius 3 is 1.21 bits per heavy atom. The number of rotatable bonds is 24. The average Bonchev–Trinajstić information content (AvgIpc) is 1.84. The molecule has 0 radical (unpaired) electrons. The van der Waals surface area contributed by atoms with Crippen LogP contribution in [0.25, 0.3) is 0 Å². The van der Waals surface area contributed by atoms with Crippen LogP contribution in [0.15, 0.2) is 24.3 Å². The predicted molar refractivity (Wildman–Crippen MR) is 372 cm³/mol. The third-order valence-corrected chi connectivity index (χ3v) is 8.53. The van der Waals surface area contributed by atoms with Crippen molar-refractivity contribution >= 4 is 137 Å². The number of aliphatic hydroxyl groups excluding tert-OH is 1. The Hall–Kier alpha value is -2.93. The van der Waals surface area contributed by atoms with Crippen LogP contribution in [-0.2, 0) is 35.3 Å². The summed E-state index contributed by atoms with van der Waals surface area (Å²) in [4.78, 5) is 46.6. The van der Waals surface area contributed by atoms with Crippen LogP contribution in [0.3, 0.4) is 0 Å². The average molecular weight is 1540 g/mol. The topological polar surface area (TPSA) is 451 Å². The van der Waals surface area contributed by atoms with Gasteiger partial charge in [0.05, 0.1) is 41.0 Å². The number of nitrogens with two attached hydrogens (primary N) is 1. The molecule has 0 aromatic carbocycles. The molecule has 0 aliphatic rings. The summed E-state index contributed by atoms with van der Waals surface area (Å²) in [6, 6.07) is 6.94. The van der Waals surface area contributed by atoms with Crippen molar-refractivity contribution in [2.45, 2.75) is 138 Å². The van der Waals surface area contributed by atoms with E-state index in [2.05, 4.69) is 181 Å². The van der Waals surface area contributed by atoms with Gasteiger partial charge in [-0.2, -0.15) is 28.4 Å². The molecular formula is C51H106Cl4IN18NaO13S2. The van der Waals surface area contributed by atoms with Crippen molar-refractivity contribution in [3.8, 4) is 0 Å². The molecule has 526 valence electrons. The third-order valence-electron chi connectivity index (χ3n) is 7.78. The quantitative estimate of drug-likeness (QED) is 0.00474. The Morgan fingerprint density at radius 2 is 0.900 bits per heavy atom. The molecule has 4 aromatic heterocycles. The normalized spacial score (nSPS) is 9.49. The van der Waals surface area contributed by atoms with Gasteiger partial charge in [0.25, 0.3) is 0 Å². The van der Waals surface area contributed by atoms with E-state index >= 15 is 0 Å². The molecule has 0 amide bonds. The van der Waals surface area contributed by atoms with Gasteiger partial charge in [0, 0.05) is 75.5 Å². The van der Waals surface area contributed by atoms with Crippen LogP contribution >= 0.6 is 69.0 Å². The van der Waals surface area contributed by atoms with Gasteiger partial charge >= 0.3 is 45.9 Å². The second-order valence-corrected chi connectivity index (χ2v) is 22.4.